The summed E-state index contributed by atoms with van der Waals surface area (Å²) in [5.41, 5.74) is 0. The van der Waals surface area contributed by atoms with Gasteiger partial charge in [0, 0.05) is 36.8 Å². The Balaban J connectivity index is 1.56. The van der Waals surface area contributed by atoms with E-state index in [0.29, 0.717) is 17.6 Å². The highest BCUT2D eigenvalue weighted by Gasteiger charge is 2.13. The fourth-order valence-corrected chi connectivity index (χ4v) is 2.92. The molecule has 1 saturated heterocycles. The number of hydrogen-bond acceptors (Lipinski definition) is 4. The minimum absolute atomic E-state index is 0.0797. The van der Waals surface area contributed by atoms with Gasteiger partial charge in [-0.3, -0.25) is 4.79 Å². The number of carbonyl (C=O) groups is 1. The van der Waals surface area contributed by atoms with E-state index in [-0.39, 0.29) is 5.91 Å². The minimum atomic E-state index is -0.0797. The topological polar surface area (TPSA) is 51.5 Å². The second-order valence-corrected chi connectivity index (χ2v) is 5.73. The molecule has 5 heteroatoms. The van der Waals surface area contributed by atoms with Gasteiger partial charge in [0.15, 0.2) is 0 Å². The third kappa shape index (κ3) is 5.53. The Morgan fingerprint density at radius 2 is 2.32 bits per heavy atom. The van der Waals surface area contributed by atoms with Crippen molar-refractivity contribution in [1.29, 1.82) is 0 Å². The SMILES string of the molecule is O=C(/C=C/c1ccco1)NCCSC1CCOCC1. The molecule has 0 aromatic carbocycles. The fourth-order valence-electron chi connectivity index (χ4n) is 1.85. The summed E-state index contributed by atoms with van der Waals surface area (Å²) >= 11 is 1.92. The third-order valence-electron chi connectivity index (χ3n) is 2.87. The number of furan rings is 1. The molecule has 1 aliphatic heterocycles. The van der Waals surface area contributed by atoms with Gasteiger partial charge < -0.3 is 14.5 Å². The molecule has 19 heavy (non-hydrogen) atoms. The highest BCUT2D eigenvalue weighted by atomic mass is 32.2. The molecule has 2 heterocycles. The van der Waals surface area contributed by atoms with E-state index >= 15 is 0 Å². The largest absolute Gasteiger partial charge is 0.465 e. The molecule has 0 spiro atoms. The summed E-state index contributed by atoms with van der Waals surface area (Å²) in [4.78, 5) is 11.5. The fraction of sp³-hybridized carbons (Fsp3) is 0.500. The first-order chi connectivity index (χ1) is 9.34. The average Bonchev–Trinajstić information content (AvgIpc) is 2.96. The lowest BCUT2D eigenvalue weighted by Gasteiger charge is -2.21. The van der Waals surface area contributed by atoms with Crippen molar-refractivity contribution >= 4 is 23.7 Å². The first-order valence-electron chi connectivity index (χ1n) is 6.53. The van der Waals surface area contributed by atoms with Crippen molar-refractivity contribution in [3.63, 3.8) is 0 Å². The standard InChI is InChI=1S/C14H19NO3S/c16-14(4-3-12-2-1-8-18-12)15-7-11-19-13-5-9-17-10-6-13/h1-4,8,13H,5-7,9-11H2,(H,15,16)/b4-3+. The number of thioether (sulfide) groups is 1. The van der Waals surface area contributed by atoms with Gasteiger partial charge in [-0.05, 0) is 31.1 Å². The van der Waals surface area contributed by atoms with Crippen molar-refractivity contribution in [3.05, 3.63) is 30.2 Å². The van der Waals surface area contributed by atoms with Crippen LogP contribution in [0.3, 0.4) is 0 Å². The molecular weight excluding hydrogens is 262 g/mol. The van der Waals surface area contributed by atoms with Gasteiger partial charge in [-0.15, -0.1) is 0 Å². The zero-order valence-electron chi connectivity index (χ0n) is 10.8. The zero-order valence-corrected chi connectivity index (χ0v) is 11.7. The summed E-state index contributed by atoms with van der Waals surface area (Å²) in [6.45, 7) is 2.44. The Bertz CT molecular complexity index is 397. The van der Waals surface area contributed by atoms with Gasteiger partial charge in [-0.25, -0.2) is 0 Å². The van der Waals surface area contributed by atoms with Crippen molar-refractivity contribution < 1.29 is 13.9 Å². The van der Waals surface area contributed by atoms with Crippen LogP contribution in [0.5, 0.6) is 0 Å². The van der Waals surface area contributed by atoms with E-state index in [0.717, 1.165) is 31.8 Å². The maximum atomic E-state index is 11.5. The molecule has 4 nitrogen and oxygen atoms in total. The van der Waals surface area contributed by atoms with Gasteiger partial charge in [0.25, 0.3) is 0 Å². The van der Waals surface area contributed by atoms with E-state index < -0.39 is 0 Å². The van der Waals surface area contributed by atoms with E-state index in [4.69, 9.17) is 9.15 Å². The number of amides is 1. The maximum Gasteiger partial charge on any atom is 0.244 e. The van der Waals surface area contributed by atoms with Crippen LogP contribution in [0.1, 0.15) is 18.6 Å². The number of hydrogen-bond donors (Lipinski definition) is 1. The van der Waals surface area contributed by atoms with Gasteiger partial charge >= 0.3 is 0 Å². The molecular formula is C14H19NO3S. The number of nitrogens with one attached hydrogen (secondary N) is 1. The quantitative estimate of drug-likeness (QED) is 0.642. The first kappa shape index (κ1) is 14.2. The normalized spacial score (nSPS) is 16.8. The highest BCUT2D eigenvalue weighted by Crippen LogP contribution is 2.21. The zero-order chi connectivity index (χ0) is 13.3. The highest BCUT2D eigenvalue weighted by molar-refractivity contribution is 7.99. The molecule has 0 bridgehead atoms. The second kappa shape index (κ2) is 8.07. The lowest BCUT2D eigenvalue weighted by atomic mass is 10.2. The Morgan fingerprint density at radius 1 is 1.47 bits per heavy atom. The minimum Gasteiger partial charge on any atom is -0.465 e. The van der Waals surface area contributed by atoms with E-state index in [1.54, 1.807) is 18.4 Å². The van der Waals surface area contributed by atoms with Crippen LogP contribution in [0.25, 0.3) is 6.08 Å². The summed E-state index contributed by atoms with van der Waals surface area (Å²) in [6.07, 6.45) is 7.00. The lowest BCUT2D eigenvalue weighted by Crippen LogP contribution is -2.25. The van der Waals surface area contributed by atoms with Gasteiger partial charge in [0.1, 0.15) is 5.76 Å². The van der Waals surface area contributed by atoms with E-state index in [1.165, 1.54) is 6.08 Å². The van der Waals surface area contributed by atoms with E-state index in [2.05, 4.69) is 5.32 Å². The maximum absolute atomic E-state index is 11.5. The molecule has 1 N–H and O–H groups in total. The molecule has 0 unspecified atom stereocenters. The van der Waals surface area contributed by atoms with E-state index in [1.807, 2.05) is 17.8 Å². The van der Waals surface area contributed by atoms with Crippen molar-refractivity contribution in [1.82, 2.24) is 5.32 Å². The molecule has 1 aliphatic rings. The van der Waals surface area contributed by atoms with Gasteiger partial charge in [0.2, 0.25) is 5.91 Å². The lowest BCUT2D eigenvalue weighted by molar-refractivity contribution is -0.116. The van der Waals surface area contributed by atoms with Crippen LogP contribution < -0.4 is 5.32 Å². The van der Waals surface area contributed by atoms with Crippen molar-refractivity contribution in [3.8, 4) is 0 Å². The van der Waals surface area contributed by atoms with Crippen LogP contribution in [0.4, 0.5) is 0 Å². The van der Waals surface area contributed by atoms with Gasteiger partial charge in [-0.1, -0.05) is 0 Å². The summed E-state index contributed by atoms with van der Waals surface area (Å²) < 4.78 is 10.4. The molecule has 2 rings (SSSR count). The predicted octanol–water partition coefficient (Wildman–Crippen LogP) is 2.32. The van der Waals surface area contributed by atoms with Crippen LogP contribution in [-0.4, -0.2) is 36.7 Å². The summed E-state index contributed by atoms with van der Waals surface area (Å²) in [5.74, 6) is 1.56. The number of carbonyl (C=O) groups excluding carboxylic acids is 1. The first-order valence-corrected chi connectivity index (χ1v) is 7.58. The molecule has 0 saturated carbocycles. The Labute approximate surface area is 117 Å². The average molecular weight is 281 g/mol. The Hall–Kier alpha value is -1.20. The molecule has 1 aromatic rings. The summed E-state index contributed by atoms with van der Waals surface area (Å²) in [6, 6.07) is 3.60. The smallest absolute Gasteiger partial charge is 0.244 e. The Morgan fingerprint density at radius 3 is 3.05 bits per heavy atom. The Kier molecular flexibility index (Phi) is 6.04. The summed E-state index contributed by atoms with van der Waals surface area (Å²) in [7, 11) is 0. The van der Waals surface area contributed by atoms with Gasteiger partial charge in [0.05, 0.1) is 6.26 Å². The van der Waals surface area contributed by atoms with Crippen LogP contribution >= 0.6 is 11.8 Å². The van der Waals surface area contributed by atoms with Crippen LogP contribution in [0, 0.1) is 0 Å². The van der Waals surface area contributed by atoms with E-state index in [9.17, 15) is 4.79 Å². The predicted molar refractivity (Wildman–Crippen MR) is 77.1 cm³/mol. The summed E-state index contributed by atoms with van der Waals surface area (Å²) in [5, 5.41) is 3.55. The van der Waals surface area contributed by atoms with Crippen LogP contribution in [-0.2, 0) is 9.53 Å². The van der Waals surface area contributed by atoms with Crippen molar-refractivity contribution in [2.45, 2.75) is 18.1 Å². The molecule has 0 aliphatic carbocycles. The molecule has 104 valence electrons. The molecule has 0 atom stereocenters. The van der Waals surface area contributed by atoms with Crippen LogP contribution in [0.2, 0.25) is 0 Å². The molecule has 1 aromatic heterocycles. The van der Waals surface area contributed by atoms with Crippen LogP contribution in [0.15, 0.2) is 28.9 Å². The molecule has 1 fully saturated rings. The third-order valence-corrected chi connectivity index (χ3v) is 4.25. The molecule has 1 amide bonds. The number of rotatable bonds is 6. The van der Waals surface area contributed by atoms with Crippen molar-refractivity contribution in [2.24, 2.45) is 0 Å². The van der Waals surface area contributed by atoms with Gasteiger partial charge in [-0.2, -0.15) is 11.8 Å². The monoisotopic (exact) mass is 281 g/mol. The molecule has 0 radical (unpaired) electrons. The second-order valence-electron chi connectivity index (χ2n) is 4.32. The van der Waals surface area contributed by atoms with Crippen molar-refractivity contribution in [2.75, 3.05) is 25.5 Å². The number of ether oxygens (including phenoxy) is 1.